The molecule has 74 heavy (non-hydrogen) atoms. The minimum Gasteiger partial charge on any atom is -0.377 e. The van der Waals surface area contributed by atoms with Gasteiger partial charge in [0, 0.05) is 53.4 Å². The van der Waals surface area contributed by atoms with Crippen molar-refractivity contribution in [2.45, 2.75) is 200 Å². The molecule has 0 unspecified atom stereocenters. The second kappa shape index (κ2) is 17.1. The van der Waals surface area contributed by atoms with E-state index >= 15 is 0 Å². The number of ether oxygens (including phenoxy) is 1. The van der Waals surface area contributed by atoms with Gasteiger partial charge in [-0.3, -0.25) is 19.2 Å². The molecule has 0 aromatic carbocycles. The molecule has 8 fully saturated rings. The summed E-state index contributed by atoms with van der Waals surface area (Å²) in [6.45, 7) is 46.7. The first-order valence-electron chi connectivity index (χ1n) is 28.6. The Balaban J connectivity index is 0.000000182. The van der Waals surface area contributed by atoms with E-state index in [9.17, 15) is 28.8 Å². The molecule has 0 amide bonds. The molecule has 8 saturated carbocycles. The molecule has 10 aliphatic carbocycles. The third-order valence-corrected chi connectivity index (χ3v) is 26.5. The van der Waals surface area contributed by atoms with Gasteiger partial charge < -0.3 is 14.3 Å². The van der Waals surface area contributed by atoms with Crippen LogP contribution in [0.15, 0.2) is 23.5 Å². The number of fused-ring (bicyclic) bond motifs is 14. The number of nitrogens with zero attached hydrogens (tertiary/aromatic N) is 2. The Hall–Kier alpha value is -3.27. The zero-order valence-electron chi connectivity index (χ0n) is 47.9. The third kappa shape index (κ3) is 7.17. The molecule has 10 rings (SSSR count). The number of halogens is 1. The fourth-order valence-electron chi connectivity index (χ4n) is 21.7. The van der Waals surface area contributed by atoms with E-state index in [1.54, 1.807) is 7.11 Å². The monoisotopic (exact) mass is 1030 g/mol. The van der Waals surface area contributed by atoms with Crippen LogP contribution in [0, 0.1) is 125 Å². The summed E-state index contributed by atoms with van der Waals surface area (Å²) < 4.78 is 5.37. The average molecular weight is 1030 g/mol. The number of ketones is 5. The number of methoxy groups -OCH3 is 1. The highest BCUT2D eigenvalue weighted by atomic mass is 35.5. The number of Topliss-reactive ketones (excluding diaryl/α,β-unsaturated/α-hetero) is 5. The zero-order chi connectivity index (χ0) is 54.8. The van der Waals surface area contributed by atoms with Crippen molar-refractivity contribution in [3.8, 4) is 0 Å². The smallest absolute Gasteiger partial charge is 0.228 e. The third-order valence-electron chi connectivity index (χ3n) is 26.1. The van der Waals surface area contributed by atoms with Gasteiger partial charge >= 0.3 is 0 Å². The lowest BCUT2D eigenvalue weighted by Crippen LogP contribution is -2.69. The summed E-state index contributed by atoms with van der Waals surface area (Å²) in [6.07, 6.45) is 17.3. The Morgan fingerprint density at radius 2 is 0.905 bits per heavy atom. The van der Waals surface area contributed by atoms with E-state index < -0.39 is 27.1 Å². The fraction of sp³-hybridized carbons (Fsp3) is 0.812. The summed E-state index contributed by atoms with van der Waals surface area (Å²) in [5, 5.41) is -0.238. The van der Waals surface area contributed by atoms with Gasteiger partial charge in [-0.2, -0.15) is 0 Å². The zero-order valence-corrected chi connectivity index (χ0v) is 48.7. The highest BCUT2D eigenvalue weighted by molar-refractivity contribution is 6.64. The Morgan fingerprint density at radius 1 is 0.541 bits per heavy atom. The van der Waals surface area contributed by atoms with Crippen LogP contribution in [-0.4, -0.2) is 47.9 Å². The summed E-state index contributed by atoms with van der Waals surface area (Å²) in [6, 6.07) is 0. The molecule has 0 spiro atoms. The minimum atomic E-state index is -0.619. The molecule has 0 aromatic rings. The maximum atomic E-state index is 14.5. The summed E-state index contributed by atoms with van der Waals surface area (Å²) in [5.74, 6) is 0.752. The first-order chi connectivity index (χ1) is 34.0. The molecule has 10 aliphatic rings. The molecule has 10 heteroatoms. The van der Waals surface area contributed by atoms with E-state index in [4.69, 9.17) is 29.5 Å². The summed E-state index contributed by atoms with van der Waals surface area (Å²) in [4.78, 5) is 89.4. The van der Waals surface area contributed by atoms with E-state index in [1.165, 1.54) is 0 Å². The fourth-order valence-corrected chi connectivity index (χ4v) is 22.0. The van der Waals surface area contributed by atoms with E-state index in [-0.39, 0.29) is 132 Å². The van der Waals surface area contributed by atoms with Gasteiger partial charge in [-0.25, -0.2) is 9.69 Å². The van der Waals surface area contributed by atoms with Crippen molar-refractivity contribution in [1.82, 2.24) is 0 Å². The maximum absolute atomic E-state index is 14.5. The molecule has 404 valence electrons. The van der Waals surface area contributed by atoms with Crippen LogP contribution >= 0.6 is 11.6 Å². The van der Waals surface area contributed by atoms with Gasteiger partial charge in [0.05, 0.1) is 13.1 Å². The molecule has 0 bridgehead atoms. The number of carbonyl (C=O) groups is 6. The van der Waals surface area contributed by atoms with E-state index in [2.05, 4.69) is 78.9 Å². The Morgan fingerprint density at radius 3 is 1.28 bits per heavy atom. The largest absolute Gasteiger partial charge is 0.377 e. The lowest BCUT2D eigenvalue weighted by atomic mass is 9.31. The Bertz CT molecular complexity index is 2640. The highest BCUT2D eigenvalue weighted by Crippen LogP contribution is 2.78. The quantitative estimate of drug-likeness (QED) is 0.203. The Kier molecular flexibility index (Phi) is 12.8. The maximum Gasteiger partial charge on any atom is 0.228 e. The Labute approximate surface area is 449 Å². The standard InChI is InChI=1S/C33H47NO4.C31H42ClNO3/c1-28(2)12-14-33(25(36)19-38-9)15-13-32(7)26(20(33)17-28)22(35)16-24-30(5)18-21(34-8)27(37)29(3,4)23(30)10-11-31(24,32)6;1-26(2)11-13-31(25(32)36)14-12-30(7)23(18(31)16-26)20(34)15-22-28(5)17-19(33-8)24(35)27(3,4)21(28)9-10-29(22,30)6/h18,20,23-24,26H,10-17,19H2,1-7,9H3;17-18,21-23H,9-16H2,1-7H3/t20-,23-,24+,26-,30-,31+,32+,33-;18-,21-,22+,23-,28-,29+,30+,31-/m00/s1. The topological polar surface area (TPSA) is 120 Å². The van der Waals surface area contributed by atoms with Crippen molar-refractivity contribution in [1.29, 1.82) is 0 Å². The lowest BCUT2D eigenvalue weighted by molar-refractivity contribution is -0.222. The molecule has 0 heterocycles. The number of hydrogen-bond donors (Lipinski definition) is 0. The van der Waals surface area contributed by atoms with Crippen LogP contribution in [0.25, 0.3) is 9.69 Å². The SMILES string of the molecule is [C-]#[N+]C1=C[C@]2(C)[C@H]3CC(=O)[C@@H]4[C@@H]5CC(C)(C)CC[C@]5(C(=O)COC)CC[C@@]4(C)[C@]3(C)CC[C@H]2C(C)(C)C1=O.[C-]#[N+]C1=C[C@]2(C)[C@H]3CC(=O)[C@@H]4[C@@H]5CC(C)(C)CC[C@]5(C(=O)Cl)CC[C@@]4(C)[C@]3(C)CC[C@H]2C(C)(C)C1=O. The van der Waals surface area contributed by atoms with Crippen molar-refractivity contribution in [2.24, 2.45) is 112 Å². The van der Waals surface area contributed by atoms with Gasteiger partial charge in [0.1, 0.15) is 18.2 Å². The van der Waals surface area contributed by atoms with Gasteiger partial charge in [0.25, 0.3) is 0 Å². The molecule has 0 saturated heterocycles. The van der Waals surface area contributed by atoms with E-state index in [1.807, 2.05) is 39.8 Å². The molecule has 16 atom stereocenters. The van der Waals surface area contributed by atoms with Crippen molar-refractivity contribution in [3.63, 3.8) is 0 Å². The first-order valence-corrected chi connectivity index (χ1v) is 29.0. The first kappa shape index (κ1) is 55.5. The van der Waals surface area contributed by atoms with Crippen LogP contribution < -0.4 is 0 Å². The summed E-state index contributed by atoms with van der Waals surface area (Å²) in [5.41, 5.74) is -3.11. The molecule has 0 aromatic heterocycles. The molecular formula is C64H89ClN2O7. The molecular weight excluding hydrogens is 944 g/mol. The van der Waals surface area contributed by atoms with E-state index in [0.29, 0.717) is 18.6 Å². The number of allylic oxidation sites excluding steroid dienone is 4. The van der Waals surface area contributed by atoms with Crippen LogP contribution in [0.3, 0.4) is 0 Å². The van der Waals surface area contributed by atoms with Crippen molar-refractivity contribution >= 4 is 45.8 Å². The van der Waals surface area contributed by atoms with Gasteiger partial charge in [0.2, 0.25) is 16.6 Å². The molecule has 0 N–H and O–H groups in total. The van der Waals surface area contributed by atoms with Crippen LogP contribution in [-0.2, 0) is 33.5 Å². The van der Waals surface area contributed by atoms with Gasteiger partial charge in [0.15, 0.2) is 17.3 Å². The number of hydrogen-bond acceptors (Lipinski definition) is 7. The highest BCUT2D eigenvalue weighted by Gasteiger charge is 2.75. The van der Waals surface area contributed by atoms with Crippen molar-refractivity contribution in [2.75, 3.05) is 13.7 Å². The average Bonchev–Trinajstić information content (AvgIpc) is 3.30. The second-order valence-electron chi connectivity index (χ2n) is 30.8. The van der Waals surface area contributed by atoms with Gasteiger partial charge in [-0.15, -0.1) is 0 Å². The minimum absolute atomic E-state index is 0.0143. The number of rotatable bonds is 4. The normalized spacial score (nSPS) is 47.9. The van der Waals surface area contributed by atoms with E-state index in [0.717, 1.165) is 89.9 Å². The summed E-state index contributed by atoms with van der Waals surface area (Å²) in [7, 11) is 1.60. The van der Waals surface area contributed by atoms with Crippen LogP contribution in [0.1, 0.15) is 200 Å². The van der Waals surface area contributed by atoms with Crippen molar-refractivity contribution in [3.05, 3.63) is 46.4 Å². The van der Waals surface area contributed by atoms with Gasteiger partial charge in [-0.05, 0) is 180 Å². The second-order valence-corrected chi connectivity index (χ2v) is 31.1. The number of carbonyl (C=O) groups excluding carboxylic acids is 6. The summed E-state index contributed by atoms with van der Waals surface area (Å²) >= 11 is 6.38. The molecule has 9 nitrogen and oxygen atoms in total. The van der Waals surface area contributed by atoms with Crippen LogP contribution in [0.5, 0.6) is 0 Å². The van der Waals surface area contributed by atoms with Crippen molar-refractivity contribution < 1.29 is 33.5 Å². The molecule has 0 radical (unpaired) electrons. The predicted octanol–water partition coefficient (Wildman–Crippen LogP) is 14.3. The molecule has 0 aliphatic heterocycles. The lowest BCUT2D eigenvalue weighted by Gasteiger charge is -2.72. The van der Waals surface area contributed by atoms with Gasteiger partial charge in [-0.1, -0.05) is 109 Å². The van der Waals surface area contributed by atoms with Crippen LogP contribution in [0.4, 0.5) is 0 Å². The predicted molar refractivity (Wildman–Crippen MR) is 288 cm³/mol. The van der Waals surface area contributed by atoms with Crippen LogP contribution in [0.2, 0.25) is 0 Å².